The third-order valence-electron chi connectivity index (χ3n) is 3.18. The Morgan fingerprint density at radius 3 is 2.86 bits per heavy atom. The number of aromatic nitrogens is 1. The number of unbranched alkanes of at least 4 members (excludes halogenated alkanes) is 1. The minimum Gasteiger partial charge on any atom is -0.461 e. The average Bonchev–Trinajstić information content (AvgIpc) is 3.03. The lowest BCUT2D eigenvalue weighted by atomic mass is 10.3. The van der Waals surface area contributed by atoms with Crippen molar-refractivity contribution < 1.29 is 22.7 Å². The minimum absolute atomic E-state index is 0.0463. The Kier molecular flexibility index (Phi) is 5.60. The summed E-state index contributed by atoms with van der Waals surface area (Å²) in [6.07, 6.45) is 7.49. The SMILES string of the molecule is C#CCCCOC(=O)c1cc(S(=O)(=O)N2CCOCC2)c[nH]1. The number of nitrogens with zero attached hydrogens (tertiary/aromatic N) is 1. The lowest BCUT2D eigenvalue weighted by Crippen LogP contribution is -2.40. The number of carbonyl (C=O) groups excluding carboxylic acids is 1. The molecule has 0 radical (unpaired) electrons. The van der Waals surface area contributed by atoms with Crippen molar-refractivity contribution in [1.82, 2.24) is 9.29 Å². The molecule has 1 aliphatic rings. The van der Waals surface area contributed by atoms with Gasteiger partial charge in [0.1, 0.15) is 10.6 Å². The highest BCUT2D eigenvalue weighted by atomic mass is 32.2. The molecular formula is C14H18N2O5S. The number of sulfonamides is 1. The Morgan fingerprint density at radius 2 is 2.18 bits per heavy atom. The summed E-state index contributed by atoms with van der Waals surface area (Å²) in [6.45, 7) is 1.55. The van der Waals surface area contributed by atoms with E-state index in [2.05, 4.69) is 10.9 Å². The van der Waals surface area contributed by atoms with Gasteiger partial charge in [0.05, 0.1) is 19.8 Å². The van der Waals surface area contributed by atoms with Gasteiger partial charge >= 0.3 is 5.97 Å². The second-order valence-corrected chi connectivity index (χ2v) is 6.65. The predicted molar refractivity (Wildman–Crippen MR) is 78.7 cm³/mol. The van der Waals surface area contributed by atoms with Crippen molar-refractivity contribution in [2.45, 2.75) is 17.7 Å². The molecule has 0 aromatic carbocycles. The zero-order valence-corrected chi connectivity index (χ0v) is 12.9. The number of terminal acetylenes is 1. The number of hydrogen-bond acceptors (Lipinski definition) is 5. The van der Waals surface area contributed by atoms with Crippen LogP contribution in [0.1, 0.15) is 23.3 Å². The van der Waals surface area contributed by atoms with Crippen molar-refractivity contribution in [3.63, 3.8) is 0 Å². The van der Waals surface area contributed by atoms with Gasteiger partial charge in [-0.15, -0.1) is 12.3 Å². The smallest absolute Gasteiger partial charge is 0.354 e. The number of nitrogens with one attached hydrogen (secondary N) is 1. The first kappa shape index (κ1) is 16.5. The number of H-pyrrole nitrogens is 1. The highest BCUT2D eigenvalue weighted by molar-refractivity contribution is 7.89. The van der Waals surface area contributed by atoms with Crippen LogP contribution in [-0.2, 0) is 19.5 Å². The van der Waals surface area contributed by atoms with E-state index in [0.29, 0.717) is 39.1 Å². The molecule has 120 valence electrons. The second kappa shape index (κ2) is 7.45. The molecule has 1 aliphatic heterocycles. The summed E-state index contributed by atoms with van der Waals surface area (Å²) in [5.41, 5.74) is 0.104. The fourth-order valence-corrected chi connectivity index (χ4v) is 3.40. The molecule has 1 aromatic rings. The Morgan fingerprint density at radius 1 is 1.45 bits per heavy atom. The zero-order valence-electron chi connectivity index (χ0n) is 12.1. The molecule has 0 spiro atoms. The summed E-state index contributed by atoms with van der Waals surface area (Å²) in [7, 11) is -3.62. The summed E-state index contributed by atoms with van der Waals surface area (Å²) >= 11 is 0. The lowest BCUT2D eigenvalue weighted by Gasteiger charge is -2.25. The van der Waals surface area contributed by atoms with Crippen LogP contribution >= 0.6 is 0 Å². The van der Waals surface area contributed by atoms with Crippen molar-refractivity contribution in [3.8, 4) is 12.3 Å². The first-order valence-corrected chi connectivity index (χ1v) is 8.36. The topological polar surface area (TPSA) is 88.7 Å². The second-order valence-electron chi connectivity index (χ2n) is 4.71. The van der Waals surface area contributed by atoms with Gasteiger partial charge in [-0.3, -0.25) is 0 Å². The number of esters is 1. The van der Waals surface area contributed by atoms with Gasteiger partial charge in [0.2, 0.25) is 10.0 Å². The fourth-order valence-electron chi connectivity index (χ4n) is 1.99. The lowest BCUT2D eigenvalue weighted by molar-refractivity contribution is 0.0495. The van der Waals surface area contributed by atoms with Crippen molar-refractivity contribution in [2.75, 3.05) is 32.9 Å². The maximum absolute atomic E-state index is 12.4. The first-order chi connectivity index (χ1) is 10.6. The summed E-state index contributed by atoms with van der Waals surface area (Å²) in [4.78, 5) is 14.5. The monoisotopic (exact) mass is 326 g/mol. The third kappa shape index (κ3) is 3.88. The van der Waals surface area contributed by atoms with Crippen LogP contribution in [0.4, 0.5) is 0 Å². The van der Waals surface area contributed by atoms with E-state index in [-0.39, 0.29) is 17.2 Å². The van der Waals surface area contributed by atoms with E-state index >= 15 is 0 Å². The Labute approximate surface area is 129 Å². The molecule has 1 fully saturated rings. The van der Waals surface area contributed by atoms with Crippen LogP contribution in [0.3, 0.4) is 0 Å². The minimum atomic E-state index is -3.62. The molecule has 0 aliphatic carbocycles. The van der Waals surface area contributed by atoms with Crippen molar-refractivity contribution in [2.24, 2.45) is 0 Å². The van der Waals surface area contributed by atoms with Crippen molar-refractivity contribution >= 4 is 16.0 Å². The third-order valence-corrected chi connectivity index (χ3v) is 5.06. The van der Waals surface area contributed by atoms with Gasteiger partial charge in [-0.25, -0.2) is 13.2 Å². The molecule has 2 rings (SSSR count). The zero-order chi connectivity index (χ0) is 16.0. The van der Waals surface area contributed by atoms with E-state index in [1.807, 2.05) is 0 Å². The van der Waals surface area contributed by atoms with Gasteiger partial charge in [-0.05, 0) is 12.5 Å². The number of morpholine rings is 1. The molecule has 0 amide bonds. The van der Waals surface area contributed by atoms with Crippen LogP contribution in [-0.4, -0.2) is 56.6 Å². The standard InChI is InChI=1S/C14H18N2O5S/c1-2-3-4-7-21-14(17)13-10-12(11-15-13)22(18,19)16-5-8-20-9-6-16/h1,10-11,15H,3-9H2. The molecule has 1 saturated heterocycles. The van der Waals surface area contributed by atoms with Gasteiger partial charge in [0.15, 0.2) is 0 Å². The molecule has 0 unspecified atom stereocenters. The Bertz CT molecular complexity index is 653. The highest BCUT2D eigenvalue weighted by Crippen LogP contribution is 2.18. The van der Waals surface area contributed by atoms with E-state index in [4.69, 9.17) is 15.9 Å². The number of hydrogen-bond donors (Lipinski definition) is 1. The summed E-state index contributed by atoms with van der Waals surface area (Å²) in [6, 6.07) is 1.29. The van der Waals surface area contributed by atoms with Crippen LogP contribution in [0.5, 0.6) is 0 Å². The molecule has 0 atom stereocenters. The van der Waals surface area contributed by atoms with Crippen LogP contribution < -0.4 is 0 Å². The molecule has 0 bridgehead atoms. The van der Waals surface area contributed by atoms with Crippen molar-refractivity contribution in [3.05, 3.63) is 18.0 Å². The quantitative estimate of drug-likeness (QED) is 0.470. The molecule has 22 heavy (non-hydrogen) atoms. The van der Waals surface area contributed by atoms with Gasteiger partial charge in [-0.1, -0.05) is 0 Å². The summed E-state index contributed by atoms with van der Waals surface area (Å²) in [5.74, 6) is 1.85. The van der Waals surface area contributed by atoms with Gasteiger partial charge in [0, 0.05) is 25.7 Å². The first-order valence-electron chi connectivity index (χ1n) is 6.92. The normalized spacial score (nSPS) is 16.1. The average molecular weight is 326 g/mol. The molecule has 7 nitrogen and oxygen atoms in total. The molecular weight excluding hydrogens is 308 g/mol. The van der Waals surface area contributed by atoms with Crippen LogP contribution in [0.2, 0.25) is 0 Å². The maximum atomic E-state index is 12.4. The predicted octanol–water partition coefficient (Wildman–Crippen LogP) is 0.606. The van der Waals surface area contributed by atoms with E-state index in [0.717, 1.165) is 0 Å². The van der Waals surface area contributed by atoms with E-state index in [1.165, 1.54) is 16.6 Å². The molecule has 1 N–H and O–H groups in total. The van der Waals surface area contributed by atoms with Crippen molar-refractivity contribution in [1.29, 1.82) is 0 Å². The highest BCUT2D eigenvalue weighted by Gasteiger charge is 2.28. The largest absolute Gasteiger partial charge is 0.461 e. The maximum Gasteiger partial charge on any atom is 0.354 e. The fraction of sp³-hybridized carbons (Fsp3) is 0.500. The Balaban J connectivity index is 2.01. The van der Waals surface area contributed by atoms with E-state index in [1.54, 1.807) is 0 Å². The molecule has 0 saturated carbocycles. The molecule has 8 heteroatoms. The van der Waals surface area contributed by atoms with E-state index in [9.17, 15) is 13.2 Å². The number of ether oxygens (including phenoxy) is 2. The van der Waals surface area contributed by atoms with Gasteiger partial charge in [-0.2, -0.15) is 4.31 Å². The van der Waals surface area contributed by atoms with Crippen LogP contribution in [0.25, 0.3) is 0 Å². The molecule has 1 aromatic heterocycles. The van der Waals surface area contributed by atoms with Gasteiger partial charge in [0.25, 0.3) is 0 Å². The number of aromatic amines is 1. The molecule has 2 heterocycles. The van der Waals surface area contributed by atoms with Crippen LogP contribution in [0.15, 0.2) is 17.2 Å². The Hall–Kier alpha value is -1.82. The number of carbonyl (C=O) groups is 1. The van der Waals surface area contributed by atoms with Gasteiger partial charge < -0.3 is 14.5 Å². The number of rotatable bonds is 6. The summed E-state index contributed by atoms with van der Waals surface area (Å²) < 4.78 is 36.3. The summed E-state index contributed by atoms with van der Waals surface area (Å²) in [5, 5.41) is 0. The van der Waals surface area contributed by atoms with Crippen LogP contribution in [0, 0.1) is 12.3 Å². The van der Waals surface area contributed by atoms with E-state index < -0.39 is 16.0 Å².